The molecule has 1 amide bonds. The van der Waals surface area contributed by atoms with E-state index in [-0.39, 0.29) is 23.5 Å². The van der Waals surface area contributed by atoms with Crippen LogP contribution in [0.1, 0.15) is 18.5 Å². The molecule has 3 rings (SSSR count). The average Bonchev–Trinajstić information content (AvgIpc) is 2.74. The van der Waals surface area contributed by atoms with E-state index in [1.807, 2.05) is 37.3 Å². The lowest BCUT2D eigenvalue weighted by molar-refractivity contribution is -0.123. The molecule has 0 aliphatic rings. The number of benzene rings is 3. The van der Waals surface area contributed by atoms with E-state index in [0.717, 1.165) is 5.56 Å². The number of ether oxygens (including phenoxy) is 1. The minimum atomic E-state index is -3.75. The SMILES string of the molecule is CC(NC(=O)COc1ccc(S(=O)(=O)Nc2ccc(Cl)cc2)cc1)c1ccccc1. The molecule has 0 bridgehead atoms. The van der Waals surface area contributed by atoms with Gasteiger partial charge in [-0.2, -0.15) is 0 Å². The molecule has 0 aromatic heterocycles. The third-order valence-electron chi connectivity index (χ3n) is 4.28. The first-order valence-electron chi connectivity index (χ1n) is 9.19. The largest absolute Gasteiger partial charge is 0.484 e. The van der Waals surface area contributed by atoms with Gasteiger partial charge in [0.05, 0.1) is 10.9 Å². The first-order valence-corrected chi connectivity index (χ1v) is 11.1. The molecule has 0 heterocycles. The monoisotopic (exact) mass is 444 g/mol. The summed E-state index contributed by atoms with van der Waals surface area (Å²) >= 11 is 5.81. The van der Waals surface area contributed by atoms with Crippen molar-refractivity contribution in [1.29, 1.82) is 0 Å². The Bertz CT molecular complexity index is 1090. The quantitative estimate of drug-likeness (QED) is 0.539. The number of nitrogens with one attached hydrogen (secondary N) is 2. The molecule has 0 saturated carbocycles. The minimum Gasteiger partial charge on any atom is -0.484 e. The molecule has 0 aliphatic carbocycles. The zero-order chi connectivity index (χ0) is 21.6. The maximum absolute atomic E-state index is 12.5. The Morgan fingerprint density at radius 3 is 2.23 bits per heavy atom. The van der Waals surface area contributed by atoms with Gasteiger partial charge in [-0.05, 0) is 61.0 Å². The lowest BCUT2D eigenvalue weighted by Crippen LogP contribution is -2.31. The van der Waals surface area contributed by atoms with Crippen LogP contribution in [0.4, 0.5) is 5.69 Å². The minimum absolute atomic E-state index is 0.0759. The summed E-state index contributed by atoms with van der Waals surface area (Å²) in [6, 6.07) is 21.6. The number of amides is 1. The summed E-state index contributed by atoms with van der Waals surface area (Å²) in [6.07, 6.45) is 0. The maximum Gasteiger partial charge on any atom is 0.261 e. The van der Waals surface area contributed by atoms with Crippen LogP contribution in [0, 0.1) is 0 Å². The van der Waals surface area contributed by atoms with Crippen molar-refractivity contribution < 1.29 is 17.9 Å². The molecule has 3 aromatic carbocycles. The molecule has 156 valence electrons. The molecular weight excluding hydrogens is 424 g/mol. The predicted octanol–water partition coefficient (Wildman–Crippen LogP) is 4.40. The van der Waals surface area contributed by atoms with Crippen LogP contribution in [0.15, 0.2) is 83.8 Å². The van der Waals surface area contributed by atoms with Crippen molar-refractivity contribution in [3.8, 4) is 5.75 Å². The van der Waals surface area contributed by atoms with Gasteiger partial charge < -0.3 is 10.1 Å². The molecule has 0 spiro atoms. The number of carbonyl (C=O) groups is 1. The molecule has 0 aliphatic heterocycles. The van der Waals surface area contributed by atoms with Crippen molar-refractivity contribution in [2.45, 2.75) is 17.9 Å². The van der Waals surface area contributed by atoms with Gasteiger partial charge in [0.25, 0.3) is 15.9 Å². The van der Waals surface area contributed by atoms with E-state index in [1.165, 1.54) is 24.3 Å². The number of halogens is 1. The van der Waals surface area contributed by atoms with Crippen molar-refractivity contribution in [2.24, 2.45) is 0 Å². The predicted molar refractivity (Wildman–Crippen MR) is 117 cm³/mol. The first-order chi connectivity index (χ1) is 14.3. The van der Waals surface area contributed by atoms with Crippen molar-refractivity contribution >= 4 is 33.2 Å². The number of anilines is 1. The second-order valence-electron chi connectivity index (χ2n) is 6.57. The van der Waals surface area contributed by atoms with Gasteiger partial charge in [0.15, 0.2) is 6.61 Å². The molecule has 30 heavy (non-hydrogen) atoms. The van der Waals surface area contributed by atoms with Gasteiger partial charge in [-0.15, -0.1) is 0 Å². The molecule has 0 saturated heterocycles. The van der Waals surface area contributed by atoms with Crippen LogP contribution in [0.5, 0.6) is 5.75 Å². The van der Waals surface area contributed by atoms with Crippen molar-refractivity contribution in [3.05, 3.63) is 89.4 Å². The third kappa shape index (κ3) is 5.98. The molecule has 3 aromatic rings. The van der Waals surface area contributed by atoms with E-state index in [1.54, 1.807) is 24.3 Å². The smallest absolute Gasteiger partial charge is 0.261 e. The lowest BCUT2D eigenvalue weighted by Gasteiger charge is -2.15. The molecule has 0 fully saturated rings. The van der Waals surface area contributed by atoms with Crippen LogP contribution >= 0.6 is 11.6 Å². The molecule has 1 atom stereocenters. The molecule has 0 radical (unpaired) electrons. The number of rotatable bonds is 8. The van der Waals surface area contributed by atoms with E-state index < -0.39 is 10.0 Å². The van der Waals surface area contributed by atoms with Crippen LogP contribution in [0.25, 0.3) is 0 Å². The first kappa shape index (κ1) is 21.7. The fourth-order valence-corrected chi connectivity index (χ4v) is 3.89. The lowest BCUT2D eigenvalue weighted by atomic mass is 10.1. The van der Waals surface area contributed by atoms with Gasteiger partial charge in [0, 0.05) is 10.7 Å². The Morgan fingerprint density at radius 1 is 0.967 bits per heavy atom. The van der Waals surface area contributed by atoms with E-state index in [2.05, 4.69) is 10.0 Å². The van der Waals surface area contributed by atoms with Gasteiger partial charge in [-0.3, -0.25) is 9.52 Å². The van der Waals surface area contributed by atoms with Crippen LogP contribution in [0.3, 0.4) is 0 Å². The Kier molecular flexibility index (Phi) is 6.97. The molecule has 6 nitrogen and oxygen atoms in total. The zero-order valence-corrected chi connectivity index (χ0v) is 17.8. The van der Waals surface area contributed by atoms with Crippen LogP contribution in [-0.4, -0.2) is 20.9 Å². The standard InChI is InChI=1S/C22H21ClN2O4S/c1-16(17-5-3-2-4-6-17)24-22(26)15-29-20-11-13-21(14-12-20)30(27,28)25-19-9-7-18(23)8-10-19/h2-14,16,25H,15H2,1H3,(H,24,26). The normalized spacial score (nSPS) is 12.1. The van der Waals surface area contributed by atoms with E-state index >= 15 is 0 Å². The van der Waals surface area contributed by atoms with Crippen molar-refractivity contribution in [3.63, 3.8) is 0 Å². The van der Waals surface area contributed by atoms with E-state index in [9.17, 15) is 13.2 Å². The van der Waals surface area contributed by atoms with Crippen molar-refractivity contribution in [1.82, 2.24) is 5.32 Å². The highest BCUT2D eigenvalue weighted by molar-refractivity contribution is 7.92. The molecule has 2 N–H and O–H groups in total. The van der Waals surface area contributed by atoms with Crippen LogP contribution < -0.4 is 14.8 Å². The van der Waals surface area contributed by atoms with Crippen LogP contribution in [0.2, 0.25) is 5.02 Å². The van der Waals surface area contributed by atoms with Gasteiger partial charge in [0.2, 0.25) is 0 Å². The topological polar surface area (TPSA) is 84.5 Å². The Balaban J connectivity index is 1.55. The fraction of sp³-hybridized carbons (Fsp3) is 0.136. The highest BCUT2D eigenvalue weighted by atomic mass is 35.5. The summed E-state index contributed by atoms with van der Waals surface area (Å²) in [4.78, 5) is 12.2. The summed E-state index contributed by atoms with van der Waals surface area (Å²) in [6.45, 7) is 1.72. The fourth-order valence-electron chi connectivity index (χ4n) is 2.70. The number of hydrogen-bond donors (Lipinski definition) is 2. The Hall–Kier alpha value is -3.03. The molecule has 1 unspecified atom stereocenters. The second kappa shape index (κ2) is 9.65. The van der Waals surface area contributed by atoms with Gasteiger partial charge in [0.1, 0.15) is 5.75 Å². The highest BCUT2D eigenvalue weighted by Crippen LogP contribution is 2.20. The summed E-state index contributed by atoms with van der Waals surface area (Å²) in [7, 11) is -3.75. The van der Waals surface area contributed by atoms with Gasteiger partial charge in [-0.1, -0.05) is 41.9 Å². The maximum atomic E-state index is 12.5. The molecule has 8 heteroatoms. The van der Waals surface area contributed by atoms with E-state index in [0.29, 0.717) is 16.5 Å². The summed E-state index contributed by atoms with van der Waals surface area (Å²) in [5.74, 6) is 0.121. The zero-order valence-electron chi connectivity index (χ0n) is 16.2. The average molecular weight is 445 g/mol. The second-order valence-corrected chi connectivity index (χ2v) is 8.69. The molecular formula is C22H21ClN2O4S. The summed E-state index contributed by atoms with van der Waals surface area (Å²) in [5, 5.41) is 3.37. The highest BCUT2D eigenvalue weighted by Gasteiger charge is 2.15. The number of carbonyl (C=O) groups excluding carboxylic acids is 1. The Labute approximate surface area is 180 Å². The van der Waals surface area contributed by atoms with Gasteiger partial charge >= 0.3 is 0 Å². The third-order valence-corrected chi connectivity index (χ3v) is 5.93. The van der Waals surface area contributed by atoms with E-state index in [4.69, 9.17) is 16.3 Å². The van der Waals surface area contributed by atoms with Crippen molar-refractivity contribution in [2.75, 3.05) is 11.3 Å². The number of sulfonamides is 1. The van der Waals surface area contributed by atoms with Gasteiger partial charge in [-0.25, -0.2) is 8.42 Å². The summed E-state index contributed by atoms with van der Waals surface area (Å²) < 4.78 is 32.9. The number of hydrogen-bond acceptors (Lipinski definition) is 4. The summed E-state index contributed by atoms with van der Waals surface area (Å²) in [5.41, 5.74) is 1.40. The Morgan fingerprint density at radius 2 is 1.60 bits per heavy atom. The van der Waals surface area contributed by atoms with Crippen LogP contribution in [-0.2, 0) is 14.8 Å².